The predicted molar refractivity (Wildman–Crippen MR) is 154 cm³/mol. The van der Waals surface area contributed by atoms with Crippen molar-refractivity contribution in [2.75, 3.05) is 19.0 Å². The molecule has 8 heteroatoms. The first-order chi connectivity index (χ1) is 18.9. The molecule has 3 amide bonds. The molecule has 5 rings (SSSR count). The Bertz CT molecular complexity index is 1610. The molecule has 1 heterocycles. The van der Waals surface area contributed by atoms with Gasteiger partial charge in [0.1, 0.15) is 13.2 Å². The fourth-order valence-electron chi connectivity index (χ4n) is 4.31. The Balaban J connectivity index is 1.26. The number of rotatable bonds is 8. The number of hydrogen-bond donors (Lipinski definition) is 1. The molecule has 39 heavy (non-hydrogen) atoms. The van der Waals surface area contributed by atoms with E-state index < -0.39 is 17.1 Å². The minimum absolute atomic E-state index is 0.230. The van der Waals surface area contributed by atoms with Crippen LogP contribution in [-0.4, -0.2) is 35.6 Å². The summed E-state index contributed by atoms with van der Waals surface area (Å²) in [4.78, 5) is 39.6. The standard InChI is InChI=1S/C31H26N2O5S/c1-20-7-5-8-22(15-20)19-38-26-14-13-21(16-27(26)37-2)17-28-30(35)33(31(36)39-28)18-29(34)32-25-12-6-10-23-9-3-4-11-24(23)25/h3-17H,18-19H2,1-2H3,(H,32,34)/b28-17-. The molecule has 0 spiro atoms. The number of methoxy groups -OCH3 is 1. The maximum atomic E-state index is 13.0. The summed E-state index contributed by atoms with van der Waals surface area (Å²) in [6.07, 6.45) is 1.61. The molecule has 4 aromatic carbocycles. The van der Waals surface area contributed by atoms with E-state index in [0.29, 0.717) is 29.4 Å². The number of aryl methyl sites for hydroxylation is 1. The highest BCUT2D eigenvalue weighted by molar-refractivity contribution is 8.18. The molecule has 0 saturated carbocycles. The Morgan fingerprint density at radius 1 is 0.949 bits per heavy atom. The molecule has 1 fully saturated rings. The SMILES string of the molecule is COc1cc(/C=C2\SC(=O)N(CC(=O)Nc3cccc4ccccc34)C2=O)ccc1OCc1cccc(C)c1. The number of anilines is 1. The molecular formula is C31H26N2O5S. The van der Waals surface area contributed by atoms with Crippen LogP contribution in [0.4, 0.5) is 10.5 Å². The Kier molecular flexibility index (Phi) is 7.65. The summed E-state index contributed by atoms with van der Waals surface area (Å²) in [6, 6.07) is 26.6. The monoisotopic (exact) mass is 538 g/mol. The third kappa shape index (κ3) is 5.97. The van der Waals surface area contributed by atoms with Crippen molar-refractivity contribution >= 4 is 51.4 Å². The molecule has 1 N–H and O–H groups in total. The second-order valence-corrected chi connectivity index (χ2v) is 10.0. The van der Waals surface area contributed by atoms with Crippen LogP contribution in [0.3, 0.4) is 0 Å². The van der Waals surface area contributed by atoms with Crippen LogP contribution in [0.1, 0.15) is 16.7 Å². The molecule has 0 bridgehead atoms. The van der Waals surface area contributed by atoms with Gasteiger partial charge in [-0.05, 0) is 59.5 Å². The fraction of sp³-hybridized carbons (Fsp3) is 0.129. The third-order valence-electron chi connectivity index (χ3n) is 6.20. The fourth-order valence-corrected chi connectivity index (χ4v) is 5.15. The second kappa shape index (κ2) is 11.4. The molecular weight excluding hydrogens is 512 g/mol. The van der Waals surface area contributed by atoms with E-state index in [1.165, 1.54) is 0 Å². The van der Waals surface area contributed by atoms with E-state index in [9.17, 15) is 14.4 Å². The predicted octanol–water partition coefficient (Wildman–Crippen LogP) is 6.41. The van der Waals surface area contributed by atoms with Crippen molar-refractivity contribution in [1.29, 1.82) is 0 Å². The van der Waals surface area contributed by atoms with E-state index in [1.54, 1.807) is 37.5 Å². The zero-order chi connectivity index (χ0) is 27.4. The summed E-state index contributed by atoms with van der Waals surface area (Å²) in [6.45, 7) is 2.04. The van der Waals surface area contributed by atoms with Gasteiger partial charge in [-0.1, -0.05) is 72.3 Å². The van der Waals surface area contributed by atoms with Gasteiger partial charge in [0, 0.05) is 11.1 Å². The average Bonchev–Trinajstić information content (AvgIpc) is 3.19. The van der Waals surface area contributed by atoms with Crippen molar-refractivity contribution in [2.45, 2.75) is 13.5 Å². The van der Waals surface area contributed by atoms with Crippen LogP contribution in [-0.2, 0) is 16.2 Å². The van der Waals surface area contributed by atoms with E-state index in [1.807, 2.05) is 61.5 Å². The lowest BCUT2D eigenvalue weighted by Gasteiger charge is -2.13. The van der Waals surface area contributed by atoms with Crippen LogP contribution >= 0.6 is 11.8 Å². The van der Waals surface area contributed by atoms with Crippen LogP contribution in [0.25, 0.3) is 16.8 Å². The van der Waals surface area contributed by atoms with Gasteiger partial charge in [0.25, 0.3) is 11.1 Å². The molecule has 4 aromatic rings. The van der Waals surface area contributed by atoms with Gasteiger partial charge < -0.3 is 14.8 Å². The Morgan fingerprint density at radius 3 is 2.56 bits per heavy atom. The Morgan fingerprint density at radius 2 is 1.74 bits per heavy atom. The number of nitrogens with one attached hydrogen (secondary N) is 1. The van der Waals surface area contributed by atoms with Gasteiger partial charge in [0.2, 0.25) is 5.91 Å². The highest BCUT2D eigenvalue weighted by Crippen LogP contribution is 2.35. The van der Waals surface area contributed by atoms with E-state index in [0.717, 1.165) is 38.6 Å². The molecule has 1 aliphatic heterocycles. The van der Waals surface area contributed by atoms with Gasteiger partial charge in [-0.3, -0.25) is 19.3 Å². The topological polar surface area (TPSA) is 84.9 Å². The van der Waals surface area contributed by atoms with Crippen molar-refractivity contribution in [3.8, 4) is 11.5 Å². The zero-order valence-electron chi connectivity index (χ0n) is 21.5. The van der Waals surface area contributed by atoms with Crippen molar-refractivity contribution in [1.82, 2.24) is 4.90 Å². The first-order valence-corrected chi connectivity index (χ1v) is 13.1. The van der Waals surface area contributed by atoms with Gasteiger partial charge in [-0.25, -0.2) is 0 Å². The summed E-state index contributed by atoms with van der Waals surface area (Å²) in [5.74, 6) is 0.1000. The third-order valence-corrected chi connectivity index (χ3v) is 7.11. The minimum atomic E-state index is -0.517. The Hall–Kier alpha value is -4.56. The number of imide groups is 1. The first-order valence-electron chi connectivity index (χ1n) is 12.3. The van der Waals surface area contributed by atoms with Gasteiger partial charge >= 0.3 is 0 Å². The number of fused-ring (bicyclic) bond motifs is 1. The largest absolute Gasteiger partial charge is 0.493 e. The van der Waals surface area contributed by atoms with Gasteiger partial charge in [0.15, 0.2) is 11.5 Å². The lowest BCUT2D eigenvalue weighted by atomic mass is 10.1. The maximum absolute atomic E-state index is 13.0. The molecule has 0 aromatic heterocycles. The molecule has 0 aliphatic carbocycles. The summed E-state index contributed by atoms with van der Waals surface area (Å²) in [7, 11) is 1.54. The summed E-state index contributed by atoms with van der Waals surface area (Å²) < 4.78 is 11.4. The molecule has 0 atom stereocenters. The van der Waals surface area contributed by atoms with Gasteiger partial charge in [-0.2, -0.15) is 0 Å². The molecule has 0 unspecified atom stereocenters. The van der Waals surface area contributed by atoms with Gasteiger partial charge in [0.05, 0.1) is 12.0 Å². The number of benzene rings is 4. The van der Waals surface area contributed by atoms with Crippen molar-refractivity contribution < 1.29 is 23.9 Å². The number of nitrogens with zero attached hydrogens (tertiary/aromatic N) is 1. The van der Waals surface area contributed by atoms with Crippen molar-refractivity contribution in [3.63, 3.8) is 0 Å². The van der Waals surface area contributed by atoms with E-state index in [4.69, 9.17) is 9.47 Å². The highest BCUT2D eigenvalue weighted by Gasteiger charge is 2.36. The number of amides is 3. The number of carbonyl (C=O) groups is 3. The lowest BCUT2D eigenvalue weighted by molar-refractivity contribution is -0.127. The van der Waals surface area contributed by atoms with Crippen LogP contribution in [0, 0.1) is 6.92 Å². The van der Waals surface area contributed by atoms with Crippen molar-refractivity contribution in [2.24, 2.45) is 0 Å². The molecule has 0 radical (unpaired) electrons. The van der Waals surface area contributed by atoms with Crippen LogP contribution in [0.2, 0.25) is 0 Å². The second-order valence-electron chi connectivity index (χ2n) is 9.03. The molecule has 196 valence electrons. The minimum Gasteiger partial charge on any atom is -0.493 e. The summed E-state index contributed by atoms with van der Waals surface area (Å²) in [5.41, 5.74) is 3.48. The zero-order valence-corrected chi connectivity index (χ0v) is 22.3. The average molecular weight is 539 g/mol. The van der Waals surface area contributed by atoms with E-state index >= 15 is 0 Å². The molecule has 1 aliphatic rings. The highest BCUT2D eigenvalue weighted by atomic mass is 32.2. The van der Waals surface area contributed by atoms with Gasteiger partial charge in [-0.15, -0.1) is 0 Å². The number of carbonyl (C=O) groups excluding carboxylic acids is 3. The van der Waals surface area contributed by atoms with E-state index in [2.05, 4.69) is 11.4 Å². The smallest absolute Gasteiger partial charge is 0.294 e. The quantitative estimate of drug-likeness (QED) is 0.261. The van der Waals surface area contributed by atoms with Crippen LogP contribution < -0.4 is 14.8 Å². The van der Waals surface area contributed by atoms with Crippen molar-refractivity contribution in [3.05, 3.63) is 107 Å². The molecule has 7 nitrogen and oxygen atoms in total. The first kappa shape index (κ1) is 26.1. The Labute approximate surface area is 230 Å². The lowest BCUT2D eigenvalue weighted by Crippen LogP contribution is -2.36. The van der Waals surface area contributed by atoms with Crippen LogP contribution in [0.15, 0.2) is 89.8 Å². The maximum Gasteiger partial charge on any atom is 0.294 e. The summed E-state index contributed by atoms with van der Waals surface area (Å²) >= 11 is 0.800. The summed E-state index contributed by atoms with van der Waals surface area (Å²) in [5, 5.41) is 4.18. The molecule has 1 saturated heterocycles. The van der Waals surface area contributed by atoms with E-state index in [-0.39, 0.29) is 11.4 Å². The number of thioether (sulfide) groups is 1. The number of hydrogen-bond acceptors (Lipinski definition) is 6. The normalized spacial score (nSPS) is 14.2. The number of ether oxygens (including phenoxy) is 2. The van der Waals surface area contributed by atoms with Crippen LogP contribution in [0.5, 0.6) is 11.5 Å².